The summed E-state index contributed by atoms with van der Waals surface area (Å²) < 4.78 is 41.5. The van der Waals surface area contributed by atoms with E-state index in [1.165, 1.54) is 42.5 Å². The molecule has 29 heavy (non-hydrogen) atoms. The molecule has 0 aromatic heterocycles. The summed E-state index contributed by atoms with van der Waals surface area (Å²) in [6.45, 7) is 2.98. The van der Waals surface area contributed by atoms with Crippen LogP contribution >= 0.6 is 23.2 Å². The van der Waals surface area contributed by atoms with Crippen LogP contribution in [0.25, 0.3) is 0 Å². The Hall–Kier alpha value is -1.67. The van der Waals surface area contributed by atoms with Crippen molar-refractivity contribution in [2.45, 2.75) is 44.2 Å². The Morgan fingerprint density at radius 3 is 2.41 bits per heavy atom. The highest BCUT2D eigenvalue weighted by Crippen LogP contribution is 2.25. The fourth-order valence-electron chi connectivity index (χ4n) is 2.83. The first-order chi connectivity index (χ1) is 13.6. The molecule has 2 aromatic carbocycles. The maximum absolute atomic E-state index is 14.3. The number of benzene rings is 2. The van der Waals surface area contributed by atoms with Crippen LogP contribution in [0.5, 0.6) is 0 Å². The van der Waals surface area contributed by atoms with Crippen LogP contribution in [0.15, 0.2) is 47.4 Å². The molecule has 1 atom stereocenters. The molecule has 0 fully saturated rings. The average Bonchev–Trinajstić information content (AvgIpc) is 2.64. The second-order valence-corrected chi connectivity index (χ2v) is 9.47. The third-order valence-electron chi connectivity index (χ3n) is 4.30. The lowest BCUT2D eigenvalue weighted by Crippen LogP contribution is -2.43. The summed E-state index contributed by atoms with van der Waals surface area (Å²) in [6, 6.07) is 9.53. The fourth-order valence-corrected chi connectivity index (χ4v) is 4.54. The van der Waals surface area contributed by atoms with Crippen molar-refractivity contribution < 1.29 is 17.6 Å². The van der Waals surface area contributed by atoms with Gasteiger partial charge >= 0.3 is 0 Å². The standard InChI is InChI=1S/C20H23Cl2FN2O3S/c1-3-5-14(2)24-20(26)13-25(12-17-18(22)6-4-7-19(17)23)29(27,28)16-10-8-15(21)9-11-16/h4,6-11,14H,3,5,12-13H2,1-2H3,(H,24,26)/t14-/m1/s1. The van der Waals surface area contributed by atoms with Crippen LogP contribution in [0.2, 0.25) is 10.0 Å². The van der Waals surface area contributed by atoms with Crippen molar-refractivity contribution in [2.24, 2.45) is 0 Å². The minimum absolute atomic E-state index is 0.00103. The van der Waals surface area contributed by atoms with Gasteiger partial charge in [-0.3, -0.25) is 4.79 Å². The van der Waals surface area contributed by atoms with Crippen LogP contribution in [-0.2, 0) is 21.4 Å². The van der Waals surface area contributed by atoms with E-state index >= 15 is 0 Å². The number of carbonyl (C=O) groups excluding carboxylic acids is 1. The van der Waals surface area contributed by atoms with E-state index in [1.54, 1.807) is 0 Å². The van der Waals surface area contributed by atoms with Crippen molar-refractivity contribution in [3.63, 3.8) is 0 Å². The van der Waals surface area contributed by atoms with E-state index in [2.05, 4.69) is 5.32 Å². The zero-order chi connectivity index (χ0) is 21.6. The Morgan fingerprint density at radius 2 is 1.83 bits per heavy atom. The summed E-state index contributed by atoms with van der Waals surface area (Å²) in [6.07, 6.45) is 1.63. The summed E-state index contributed by atoms with van der Waals surface area (Å²) >= 11 is 11.9. The Labute approximate surface area is 180 Å². The van der Waals surface area contributed by atoms with Crippen LogP contribution < -0.4 is 5.32 Å². The Kier molecular flexibility index (Phi) is 8.46. The first kappa shape index (κ1) is 23.6. The number of nitrogens with one attached hydrogen (secondary N) is 1. The largest absolute Gasteiger partial charge is 0.353 e. The maximum atomic E-state index is 14.3. The molecule has 0 unspecified atom stereocenters. The van der Waals surface area contributed by atoms with E-state index in [4.69, 9.17) is 23.2 Å². The lowest BCUT2D eigenvalue weighted by atomic mass is 10.2. The van der Waals surface area contributed by atoms with Gasteiger partial charge in [0.05, 0.1) is 11.4 Å². The predicted molar refractivity (Wildman–Crippen MR) is 113 cm³/mol. The lowest BCUT2D eigenvalue weighted by molar-refractivity contribution is -0.122. The monoisotopic (exact) mass is 460 g/mol. The number of hydrogen-bond donors (Lipinski definition) is 1. The summed E-state index contributed by atoms with van der Waals surface area (Å²) in [4.78, 5) is 12.4. The topological polar surface area (TPSA) is 66.5 Å². The van der Waals surface area contributed by atoms with Crippen molar-refractivity contribution in [1.29, 1.82) is 0 Å². The van der Waals surface area contributed by atoms with Crippen molar-refractivity contribution in [1.82, 2.24) is 9.62 Å². The van der Waals surface area contributed by atoms with Crippen LogP contribution in [0.4, 0.5) is 4.39 Å². The van der Waals surface area contributed by atoms with E-state index in [0.717, 1.165) is 17.1 Å². The van der Waals surface area contributed by atoms with E-state index in [-0.39, 0.29) is 28.1 Å². The van der Waals surface area contributed by atoms with Gasteiger partial charge < -0.3 is 5.32 Å². The zero-order valence-corrected chi connectivity index (χ0v) is 18.5. The highest BCUT2D eigenvalue weighted by molar-refractivity contribution is 7.89. The third kappa shape index (κ3) is 6.40. The van der Waals surface area contributed by atoms with Gasteiger partial charge in [0, 0.05) is 28.2 Å². The van der Waals surface area contributed by atoms with Gasteiger partial charge in [0.2, 0.25) is 15.9 Å². The van der Waals surface area contributed by atoms with Gasteiger partial charge in [0.25, 0.3) is 0 Å². The summed E-state index contributed by atoms with van der Waals surface area (Å²) in [7, 11) is -4.10. The van der Waals surface area contributed by atoms with Crippen molar-refractivity contribution in [2.75, 3.05) is 6.54 Å². The van der Waals surface area contributed by atoms with Gasteiger partial charge in [-0.2, -0.15) is 4.31 Å². The van der Waals surface area contributed by atoms with Gasteiger partial charge in [-0.15, -0.1) is 0 Å². The molecule has 0 heterocycles. The second-order valence-electron chi connectivity index (χ2n) is 6.68. The van der Waals surface area contributed by atoms with Crippen LogP contribution in [0.3, 0.4) is 0 Å². The second kappa shape index (κ2) is 10.4. The number of amides is 1. The number of sulfonamides is 1. The van der Waals surface area contributed by atoms with E-state index < -0.39 is 28.3 Å². The molecule has 0 saturated carbocycles. The fraction of sp³-hybridized carbons (Fsp3) is 0.350. The Morgan fingerprint density at radius 1 is 1.17 bits per heavy atom. The van der Waals surface area contributed by atoms with Crippen LogP contribution in [0.1, 0.15) is 32.3 Å². The predicted octanol–water partition coefficient (Wildman–Crippen LogP) is 4.63. The van der Waals surface area contributed by atoms with Gasteiger partial charge in [0.1, 0.15) is 5.82 Å². The van der Waals surface area contributed by atoms with E-state index in [9.17, 15) is 17.6 Å². The zero-order valence-electron chi connectivity index (χ0n) is 16.2. The molecule has 1 amide bonds. The van der Waals surface area contributed by atoms with Gasteiger partial charge in [-0.1, -0.05) is 42.6 Å². The molecular weight excluding hydrogens is 438 g/mol. The molecule has 2 aromatic rings. The highest BCUT2D eigenvalue weighted by Gasteiger charge is 2.29. The summed E-state index contributed by atoms with van der Waals surface area (Å²) in [5.74, 6) is -1.12. The molecule has 0 bridgehead atoms. The molecule has 5 nitrogen and oxygen atoms in total. The van der Waals surface area contributed by atoms with Crippen molar-refractivity contribution >= 4 is 39.1 Å². The molecule has 2 rings (SSSR count). The SMILES string of the molecule is CCC[C@@H](C)NC(=O)CN(Cc1c(F)cccc1Cl)S(=O)(=O)c1ccc(Cl)cc1. The van der Waals surface area contributed by atoms with Gasteiger partial charge in [-0.25, -0.2) is 12.8 Å². The highest BCUT2D eigenvalue weighted by atomic mass is 35.5. The van der Waals surface area contributed by atoms with Gasteiger partial charge in [-0.05, 0) is 49.7 Å². The number of nitrogens with zero attached hydrogens (tertiary/aromatic N) is 1. The average molecular weight is 461 g/mol. The normalized spacial score (nSPS) is 12.8. The molecule has 1 N–H and O–H groups in total. The summed E-state index contributed by atoms with van der Waals surface area (Å²) in [5, 5.41) is 3.22. The lowest BCUT2D eigenvalue weighted by Gasteiger charge is -2.23. The van der Waals surface area contributed by atoms with E-state index in [0.29, 0.717) is 5.02 Å². The van der Waals surface area contributed by atoms with Crippen LogP contribution in [0, 0.1) is 5.82 Å². The minimum Gasteiger partial charge on any atom is -0.353 e. The molecule has 158 valence electrons. The van der Waals surface area contributed by atoms with Crippen molar-refractivity contribution in [3.8, 4) is 0 Å². The molecule has 0 radical (unpaired) electrons. The third-order valence-corrected chi connectivity index (χ3v) is 6.71. The molecule has 0 aliphatic carbocycles. The minimum atomic E-state index is -4.10. The summed E-state index contributed by atoms with van der Waals surface area (Å²) in [5.41, 5.74) is 0.00103. The smallest absolute Gasteiger partial charge is 0.243 e. The number of carbonyl (C=O) groups is 1. The molecular formula is C20H23Cl2FN2O3S. The van der Waals surface area contributed by atoms with Crippen molar-refractivity contribution in [3.05, 3.63) is 63.9 Å². The number of rotatable bonds is 9. The maximum Gasteiger partial charge on any atom is 0.243 e. The van der Waals surface area contributed by atoms with Gasteiger partial charge in [0.15, 0.2) is 0 Å². The first-order valence-electron chi connectivity index (χ1n) is 9.13. The van der Waals surface area contributed by atoms with E-state index in [1.807, 2.05) is 13.8 Å². The molecule has 0 spiro atoms. The first-order valence-corrected chi connectivity index (χ1v) is 11.3. The Balaban J connectivity index is 2.36. The molecule has 0 saturated heterocycles. The Bertz CT molecular complexity index is 932. The van der Waals surface area contributed by atoms with Crippen LogP contribution in [-0.4, -0.2) is 31.2 Å². The number of hydrogen-bond acceptors (Lipinski definition) is 3. The molecule has 0 aliphatic heterocycles. The molecule has 9 heteroatoms. The molecule has 0 aliphatic rings. The number of halogens is 3. The quantitative estimate of drug-likeness (QED) is 0.592.